The average Bonchev–Trinajstić information content (AvgIpc) is 2.66. The van der Waals surface area contributed by atoms with Crippen molar-refractivity contribution in [2.24, 2.45) is 5.73 Å². The Morgan fingerprint density at radius 1 is 1.50 bits per heavy atom. The molecule has 12 heavy (non-hydrogen) atoms. The van der Waals surface area contributed by atoms with E-state index in [4.69, 9.17) is 20.3 Å². The molecule has 2 atom stereocenters. The quantitative estimate of drug-likeness (QED) is 0.442. The third-order valence-corrected chi connectivity index (χ3v) is 1.45. The average molecular weight is 171 g/mol. The van der Waals surface area contributed by atoms with E-state index >= 15 is 0 Å². The molecule has 0 amide bonds. The zero-order chi connectivity index (χ0) is 9.14. The lowest BCUT2D eigenvalue weighted by atomic mass is 10.2. The van der Waals surface area contributed by atoms with Gasteiger partial charge in [0, 0.05) is 5.70 Å². The molecule has 1 unspecified atom stereocenters. The van der Waals surface area contributed by atoms with Crippen LogP contribution in [-0.4, -0.2) is 30.7 Å². The van der Waals surface area contributed by atoms with Crippen molar-refractivity contribution in [2.45, 2.75) is 12.4 Å². The third-order valence-electron chi connectivity index (χ3n) is 1.45. The van der Waals surface area contributed by atoms with E-state index in [1.54, 1.807) is 0 Å². The van der Waals surface area contributed by atoms with Gasteiger partial charge in [-0.1, -0.05) is 13.2 Å². The van der Waals surface area contributed by atoms with Crippen molar-refractivity contribution in [1.82, 2.24) is 0 Å². The van der Waals surface area contributed by atoms with Gasteiger partial charge >= 0.3 is 0 Å². The molecule has 1 fully saturated rings. The van der Waals surface area contributed by atoms with E-state index in [0.717, 1.165) is 5.57 Å². The van der Waals surface area contributed by atoms with E-state index in [0.29, 0.717) is 18.9 Å². The van der Waals surface area contributed by atoms with Crippen molar-refractivity contribution in [1.29, 1.82) is 0 Å². The van der Waals surface area contributed by atoms with Gasteiger partial charge in [0.1, 0.15) is 6.10 Å². The molecule has 0 aromatic carbocycles. The number of hydrogen-bond acceptors (Lipinski definition) is 4. The summed E-state index contributed by atoms with van der Waals surface area (Å²) in [7, 11) is 0. The molecule has 0 radical (unpaired) electrons. The minimum absolute atomic E-state index is 0.254. The first kappa shape index (κ1) is 9.25. The summed E-state index contributed by atoms with van der Waals surface area (Å²) in [5.74, 6) is 0. The SMILES string of the molecule is C=C(N)COCC(=C)C1O[C@@H]1O. The second-order valence-electron chi connectivity index (χ2n) is 2.76. The molecule has 1 aliphatic rings. The van der Waals surface area contributed by atoms with Gasteiger partial charge in [0.15, 0.2) is 6.29 Å². The topological polar surface area (TPSA) is 68.0 Å². The molecule has 0 saturated carbocycles. The van der Waals surface area contributed by atoms with Crippen molar-refractivity contribution in [2.75, 3.05) is 13.2 Å². The van der Waals surface area contributed by atoms with E-state index < -0.39 is 6.29 Å². The van der Waals surface area contributed by atoms with Crippen LogP contribution in [0.3, 0.4) is 0 Å². The molecule has 0 bridgehead atoms. The van der Waals surface area contributed by atoms with Crippen LogP contribution in [0.2, 0.25) is 0 Å². The Hall–Kier alpha value is -0.840. The summed E-state index contributed by atoms with van der Waals surface area (Å²) in [6, 6.07) is 0. The van der Waals surface area contributed by atoms with E-state index in [1.165, 1.54) is 0 Å². The third kappa shape index (κ3) is 2.65. The van der Waals surface area contributed by atoms with Gasteiger partial charge in [0.05, 0.1) is 13.2 Å². The molecular weight excluding hydrogens is 158 g/mol. The molecule has 0 aromatic rings. The number of hydrogen-bond donors (Lipinski definition) is 2. The van der Waals surface area contributed by atoms with Gasteiger partial charge in [-0.3, -0.25) is 0 Å². The molecule has 4 nitrogen and oxygen atoms in total. The van der Waals surface area contributed by atoms with Gasteiger partial charge in [-0.15, -0.1) is 0 Å². The predicted octanol–water partition coefficient (Wildman–Crippen LogP) is -0.251. The summed E-state index contributed by atoms with van der Waals surface area (Å²) in [5, 5.41) is 8.82. The summed E-state index contributed by atoms with van der Waals surface area (Å²) in [5.41, 5.74) is 6.47. The molecule has 68 valence electrons. The Morgan fingerprint density at radius 2 is 2.08 bits per heavy atom. The van der Waals surface area contributed by atoms with Crippen molar-refractivity contribution >= 4 is 0 Å². The highest BCUT2D eigenvalue weighted by molar-refractivity contribution is 5.10. The van der Waals surface area contributed by atoms with E-state index in [9.17, 15) is 0 Å². The second-order valence-corrected chi connectivity index (χ2v) is 2.76. The molecule has 0 aliphatic carbocycles. The zero-order valence-corrected chi connectivity index (χ0v) is 6.82. The van der Waals surface area contributed by atoms with E-state index in [1.807, 2.05) is 0 Å². The summed E-state index contributed by atoms with van der Waals surface area (Å²) >= 11 is 0. The summed E-state index contributed by atoms with van der Waals surface area (Å²) in [4.78, 5) is 0. The van der Waals surface area contributed by atoms with Crippen LogP contribution in [0.1, 0.15) is 0 Å². The highest BCUT2D eigenvalue weighted by Gasteiger charge is 2.39. The number of aliphatic hydroxyl groups is 1. The van der Waals surface area contributed by atoms with E-state index in [2.05, 4.69) is 13.2 Å². The van der Waals surface area contributed by atoms with Gasteiger partial charge in [-0.2, -0.15) is 0 Å². The molecule has 1 rings (SSSR count). The fraction of sp³-hybridized carbons (Fsp3) is 0.500. The van der Waals surface area contributed by atoms with Gasteiger partial charge in [-0.05, 0) is 5.57 Å². The Balaban J connectivity index is 2.07. The van der Waals surface area contributed by atoms with Crippen LogP contribution in [0.4, 0.5) is 0 Å². The molecular formula is C8H13NO3. The van der Waals surface area contributed by atoms with Crippen molar-refractivity contribution in [3.63, 3.8) is 0 Å². The number of rotatable bonds is 5. The summed E-state index contributed by atoms with van der Waals surface area (Å²) in [6.45, 7) is 7.81. The standard InChI is InChI=1S/C8H13NO3/c1-5(7-8(10)12-7)3-11-4-6(2)9/h7-8,10H,1-4,9H2/t7?,8-/m0/s1. The lowest BCUT2D eigenvalue weighted by Gasteiger charge is -2.03. The van der Waals surface area contributed by atoms with Crippen LogP contribution in [0, 0.1) is 0 Å². The molecule has 0 aromatic heterocycles. The molecule has 1 saturated heterocycles. The van der Waals surface area contributed by atoms with Crippen molar-refractivity contribution in [3.05, 3.63) is 24.4 Å². The fourth-order valence-electron chi connectivity index (χ4n) is 0.798. The van der Waals surface area contributed by atoms with Crippen LogP contribution in [0.15, 0.2) is 24.4 Å². The maximum Gasteiger partial charge on any atom is 0.186 e. The smallest absolute Gasteiger partial charge is 0.186 e. The second kappa shape index (κ2) is 3.71. The van der Waals surface area contributed by atoms with Gasteiger partial charge in [-0.25, -0.2) is 0 Å². The highest BCUT2D eigenvalue weighted by atomic mass is 16.7. The van der Waals surface area contributed by atoms with Crippen LogP contribution in [0.25, 0.3) is 0 Å². The number of nitrogens with two attached hydrogens (primary N) is 1. The largest absolute Gasteiger partial charge is 0.401 e. The fourth-order valence-corrected chi connectivity index (χ4v) is 0.798. The minimum atomic E-state index is -0.692. The molecule has 3 N–H and O–H groups in total. The Bertz CT molecular complexity index is 202. The van der Waals surface area contributed by atoms with Crippen molar-refractivity contribution in [3.8, 4) is 0 Å². The van der Waals surface area contributed by atoms with E-state index in [-0.39, 0.29) is 6.10 Å². The lowest BCUT2D eigenvalue weighted by Crippen LogP contribution is -2.09. The number of epoxide rings is 1. The summed E-state index contributed by atoms with van der Waals surface area (Å²) in [6.07, 6.45) is -0.946. The minimum Gasteiger partial charge on any atom is -0.401 e. The van der Waals surface area contributed by atoms with Crippen molar-refractivity contribution < 1.29 is 14.6 Å². The van der Waals surface area contributed by atoms with Gasteiger partial charge in [0.25, 0.3) is 0 Å². The van der Waals surface area contributed by atoms with Crippen LogP contribution in [0.5, 0.6) is 0 Å². The van der Waals surface area contributed by atoms with Gasteiger partial charge in [0.2, 0.25) is 0 Å². The van der Waals surface area contributed by atoms with Gasteiger partial charge < -0.3 is 20.3 Å². The monoisotopic (exact) mass is 171 g/mol. The lowest BCUT2D eigenvalue weighted by molar-refractivity contribution is 0.155. The first-order valence-corrected chi connectivity index (χ1v) is 3.63. The van der Waals surface area contributed by atoms with Crippen LogP contribution in [-0.2, 0) is 9.47 Å². The highest BCUT2D eigenvalue weighted by Crippen LogP contribution is 2.25. The van der Waals surface area contributed by atoms with Crippen LogP contribution < -0.4 is 5.73 Å². The Morgan fingerprint density at radius 3 is 2.50 bits per heavy atom. The number of aliphatic hydroxyl groups excluding tert-OH is 1. The Kier molecular flexibility index (Phi) is 2.86. The normalized spacial score (nSPS) is 26.8. The maximum atomic E-state index is 8.82. The number of ether oxygens (including phenoxy) is 2. The Labute approximate surface area is 71.3 Å². The molecule has 4 heteroatoms. The molecule has 1 heterocycles. The maximum absolute atomic E-state index is 8.82. The summed E-state index contributed by atoms with van der Waals surface area (Å²) < 4.78 is 9.85. The first-order chi connectivity index (χ1) is 5.61. The molecule has 0 spiro atoms. The predicted molar refractivity (Wildman–Crippen MR) is 44.2 cm³/mol. The first-order valence-electron chi connectivity index (χ1n) is 3.63. The molecule has 1 aliphatic heterocycles. The van der Waals surface area contributed by atoms with Crippen LogP contribution >= 0.6 is 0 Å². The zero-order valence-electron chi connectivity index (χ0n) is 6.82.